The molecule has 0 bridgehead atoms. The Balaban J connectivity index is 1.99. The molecule has 3 heteroatoms. The summed E-state index contributed by atoms with van der Waals surface area (Å²) >= 11 is 5.61. The van der Waals surface area contributed by atoms with E-state index in [1.165, 1.54) is 60.8 Å². The van der Waals surface area contributed by atoms with E-state index >= 15 is 0 Å². The second kappa shape index (κ2) is 8.55. The maximum absolute atomic E-state index is 3.81. The highest BCUT2D eigenvalue weighted by atomic mass is 79.9. The maximum Gasteiger partial charge on any atom is 0.0314 e. The van der Waals surface area contributed by atoms with Gasteiger partial charge in [-0.15, -0.1) is 11.3 Å². The zero-order chi connectivity index (χ0) is 14.4. The fraction of sp³-hybridized carbons (Fsp3) is 0.765. The Morgan fingerprint density at radius 1 is 1.30 bits per heavy atom. The second-order valence-electron chi connectivity index (χ2n) is 6.18. The van der Waals surface area contributed by atoms with E-state index in [-0.39, 0.29) is 0 Å². The highest BCUT2D eigenvalue weighted by Gasteiger charge is 2.30. The minimum Gasteiger partial charge on any atom is -0.314 e. The predicted molar refractivity (Wildman–Crippen MR) is 93.5 cm³/mol. The molecule has 0 spiro atoms. The van der Waals surface area contributed by atoms with Crippen molar-refractivity contribution in [2.45, 2.75) is 64.8 Å². The maximum atomic E-state index is 3.81. The van der Waals surface area contributed by atoms with Crippen molar-refractivity contribution in [2.75, 3.05) is 6.54 Å². The van der Waals surface area contributed by atoms with Gasteiger partial charge in [-0.05, 0) is 77.9 Å². The number of halogens is 1. The van der Waals surface area contributed by atoms with Gasteiger partial charge in [-0.3, -0.25) is 0 Å². The van der Waals surface area contributed by atoms with Crippen LogP contribution in [-0.2, 0) is 6.42 Å². The van der Waals surface area contributed by atoms with E-state index in [1.54, 1.807) is 0 Å². The zero-order valence-corrected chi connectivity index (χ0v) is 15.2. The zero-order valence-electron chi connectivity index (χ0n) is 12.8. The van der Waals surface area contributed by atoms with Gasteiger partial charge in [0.1, 0.15) is 0 Å². The van der Waals surface area contributed by atoms with Gasteiger partial charge < -0.3 is 5.32 Å². The Morgan fingerprint density at radius 2 is 2.15 bits per heavy atom. The van der Waals surface area contributed by atoms with Crippen molar-refractivity contribution in [3.05, 3.63) is 20.8 Å². The summed E-state index contributed by atoms with van der Waals surface area (Å²) in [4.78, 5) is 1.54. The summed E-state index contributed by atoms with van der Waals surface area (Å²) in [6, 6.07) is 2.93. The molecule has 1 aromatic rings. The molecule has 3 atom stereocenters. The number of rotatable bonds is 7. The fourth-order valence-electron chi connectivity index (χ4n) is 3.56. The highest BCUT2D eigenvalue weighted by Crippen LogP contribution is 2.36. The summed E-state index contributed by atoms with van der Waals surface area (Å²) in [6.07, 6.45) is 9.47. The van der Waals surface area contributed by atoms with Gasteiger partial charge in [-0.25, -0.2) is 0 Å². The molecule has 1 N–H and O–H groups in total. The lowest BCUT2D eigenvalue weighted by atomic mass is 9.74. The van der Waals surface area contributed by atoms with Gasteiger partial charge in [0.2, 0.25) is 0 Å². The van der Waals surface area contributed by atoms with Gasteiger partial charge >= 0.3 is 0 Å². The first-order chi connectivity index (χ1) is 9.74. The van der Waals surface area contributed by atoms with E-state index in [1.807, 2.05) is 11.3 Å². The van der Waals surface area contributed by atoms with E-state index in [0.29, 0.717) is 0 Å². The molecule has 1 nitrogen and oxygen atoms in total. The molecule has 0 amide bonds. The van der Waals surface area contributed by atoms with Crippen LogP contribution in [0.25, 0.3) is 0 Å². The average molecular weight is 358 g/mol. The first-order valence-electron chi connectivity index (χ1n) is 8.19. The fourth-order valence-corrected chi connectivity index (χ4v) is 5.17. The van der Waals surface area contributed by atoms with Gasteiger partial charge in [0.25, 0.3) is 0 Å². The first kappa shape index (κ1) is 16.5. The normalized spacial score (nSPS) is 26.9. The van der Waals surface area contributed by atoms with Gasteiger partial charge in [-0.1, -0.05) is 26.7 Å². The van der Waals surface area contributed by atoms with Crippen molar-refractivity contribution in [3.8, 4) is 0 Å². The van der Waals surface area contributed by atoms with E-state index < -0.39 is 0 Å². The third-order valence-corrected chi connectivity index (χ3v) is 6.53. The number of hydrogen-bond donors (Lipinski definition) is 1. The summed E-state index contributed by atoms with van der Waals surface area (Å²) in [6.45, 7) is 5.76. The molecule has 0 aliphatic heterocycles. The van der Waals surface area contributed by atoms with E-state index in [0.717, 1.165) is 17.9 Å². The van der Waals surface area contributed by atoms with Crippen LogP contribution < -0.4 is 5.32 Å². The summed E-state index contributed by atoms with van der Waals surface area (Å²) in [7, 11) is 0. The smallest absolute Gasteiger partial charge is 0.0314 e. The van der Waals surface area contributed by atoms with Crippen LogP contribution in [0, 0.1) is 11.8 Å². The molecule has 1 fully saturated rings. The molecule has 1 aliphatic carbocycles. The Hall–Kier alpha value is 0.140. The Morgan fingerprint density at radius 3 is 2.80 bits per heavy atom. The molecular formula is C17H28BrNS. The molecule has 0 saturated heterocycles. The largest absolute Gasteiger partial charge is 0.314 e. The quantitative estimate of drug-likeness (QED) is 0.665. The van der Waals surface area contributed by atoms with Gasteiger partial charge in [0, 0.05) is 15.4 Å². The Kier molecular flexibility index (Phi) is 7.06. The highest BCUT2D eigenvalue weighted by molar-refractivity contribution is 9.10. The minimum absolute atomic E-state index is 0.733. The summed E-state index contributed by atoms with van der Waals surface area (Å²) in [5.41, 5.74) is 0. The Labute approximate surface area is 136 Å². The molecule has 20 heavy (non-hydrogen) atoms. The molecule has 1 saturated carbocycles. The Bertz CT molecular complexity index is 390. The monoisotopic (exact) mass is 357 g/mol. The van der Waals surface area contributed by atoms with Crippen LogP contribution in [0.2, 0.25) is 0 Å². The SMILES string of the molecule is CCCNC1CCC(CCC)CC1Cc1sccc1Br. The van der Waals surface area contributed by atoms with Crippen LogP contribution in [0.1, 0.15) is 57.2 Å². The van der Waals surface area contributed by atoms with Crippen LogP contribution in [-0.4, -0.2) is 12.6 Å². The third kappa shape index (κ3) is 4.57. The van der Waals surface area contributed by atoms with Crippen molar-refractivity contribution in [2.24, 2.45) is 11.8 Å². The van der Waals surface area contributed by atoms with Crippen molar-refractivity contribution in [1.82, 2.24) is 5.32 Å². The van der Waals surface area contributed by atoms with E-state index in [2.05, 4.69) is 46.5 Å². The molecule has 1 heterocycles. The van der Waals surface area contributed by atoms with Crippen molar-refractivity contribution >= 4 is 27.3 Å². The van der Waals surface area contributed by atoms with E-state index in [9.17, 15) is 0 Å². The molecule has 114 valence electrons. The predicted octanol–water partition coefficient (Wildman–Crippen LogP) is 5.64. The number of nitrogens with one attached hydrogen (secondary N) is 1. The molecule has 3 unspecified atom stereocenters. The van der Waals surface area contributed by atoms with Crippen molar-refractivity contribution < 1.29 is 0 Å². The lowest BCUT2D eigenvalue weighted by Crippen LogP contribution is -2.41. The van der Waals surface area contributed by atoms with Crippen molar-refractivity contribution in [1.29, 1.82) is 0 Å². The topological polar surface area (TPSA) is 12.0 Å². The summed E-state index contributed by atoms with van der Waals surface area (Å²) < 4.78 is 1.31. The lowest BCUT2D eigenvalue weighted by molar-refractivity contribution is 0.194. The van der Waals surface area contributed by atoms with Gasteiger partial charge in [0.15, 0.2) is 0 Å². The van der Waals surface area contributed by atoms with Gasteiger partial charge in [0.05, 0.1) is 0 Å². The van der Waals surface area contributed by atoms with E-state index in [4.69, 9.17) is 0 Å². The molecule has 1 aromatic heterocycles. The van der Waals surface area contributed by atoms with Crippen LogP contribution in [0.4, 0.5) is 0 Å². The minimum atomic E-state index is 0.733. The number of hydrogen-bond acceptors (Lipinski definition) is 2. The summed E-state index contributed by atoms with van der Waals surface area (Å²) in [5, 5.41) is 6.01. The first-order valence-corrected chi connectivity index (χ1v) is 9.87. The van der Waals surface area contributed by atoms with Gasteiger partial charge in [-0.2, -0.15) is 0 Å². The molecule has 0 aromatic carbocycles. The van der Waals surface area contributed by atoms with Crippen LogP contribution in [0.3, 0.4) is 0 Å². The standard InChI is InChI=1S/C17H28BrNS/c1-3-5-13-6-7-16(19-9-4-2)14(11-13)12-17-15(18)8-10-20-17/h8,10,13-14,16,19H,3-7,9,11-12H2,1-2H3. The number of thiophene rings is 1. The van der Waals surface area contributed by atoms with Crippen LogP contribution in [0.15, 0.2) is 15.9 Å². The molecular weight excluding hydrogens is 330 g/mol. The lowest BCUT2D eigenvalue weighted by Gasteiger charge is -2.37. The molecule has 0 radical (unpaired) electrons. The summed E-state index contributed by atoms with van der Waals surface area (Å²) in [5.74, 6) is 1.78. The van der Waals surface area contributed by atoms with Crippen molar-refractivity contribution in [3.63, 3.8) is 0 Å². The third-order valence-electron chi connectivity index (χ3n) is 4.58. The van der Waals surface area contributed by atoms with Crippen LogP contribution in [0.5, 0.6) is 0 Å². The molecule has 2 rings (SSSR count). The molecule has 1 aliphatic rings. The average Bonchev–Trinajstić information content (AvgIpc) is 2.84. The van der Waals surface area contributed by atoms with Crippen LogP contribution >= 0.6 is 27.3 Å². The second-order valence-corrected chi connectivity index (χ2v) is 8.04.